The second-order valence-corrected chi connectivity index (χ2v) is 7.05. The van der Waals surface area contributed by atoms with Crippen LogP contribution in [0.4, 0.5) is 0 Å². The molecule has 0 amide bonds. The Balaban J connectivity index is 2.29. The summed E-state index contributed by atoms with van der Waals surface area (Å²) < 4.78 is 1.14. The highest BCUT2D eigenvalue weighted by molar-refractivity contribution is 9.10. The highest BCUT2D eigenvalue weighted by atomic mass is 79.9. The van der Waals surface area contributed by atoms with Gasteiger partial charge in [0.05, 0.1) is 0 Å². The number of halogens is 2. The lowest BCUT2D eigenvalue weighted by molar-refractivity contribution is 0.766. The van der Waals surface area contributed by atoms with Gasteiger partial charge in [-0.3, -0.25) is 0 Å². The molecule has 2 heteroatoms. The van der Waals surface area contributed by atoms with E-state index >= 15 is 0 Å². The van der Waals surface area contributed by atoms with Gasteiger partial charge in [0.25, 0.3) is 0 Å². The molecule has 2 aromatic carbocycles. The van der Waals surface area contributed by atoms with Gasteiger partial charge in [-0.15, -0.1) is 0 Å². The number of alkyl halides is 1. The van der Waals surface area contributed by atoms with E-state index in [0.29, 0.717) is 5.92 Å². The average molecular weight is 396 g/mol. The maximum Gasteiger partial charge on any atom is 0.0175 e. The van der Waals surface area contributed by atoms with Crippen LogP contribution >= 0.6 is 31.9 Å². The third-order valence-electron chi connectivity index (χ3n) is 3.82. The molecule has 2 rings (SSSR count). The molecule has 0 aromatic heterocycles. The third kappa shape index (κ3) is 3.73. The van der Waals surface area contributed by atoms with Crippen LogP contribution in [0.25, 0.3) is 0 Å². The molecule has 0 nitrogen and oxygen atoms in total. The number of hydrogen-bond donors (Lipinski definition) is 0. The monoisotopic (exact) mass is 394 g/mol. The first kappa shape index (κ1) is 15.8. The molecule has 0 aliphatic heterocycles. The minimum Gasteiger partial charge on any atom is -0.0921 e. The quantitative estimate of drug-likeness (QED) is 0.549. The van der Waals surface area contributed by atoms with Crippen LogP contribution in [0.1, 0.15) is 33.7 Å². The van der Waals surface area contributed by atoms with Crippen molar-refractivity contribution < 1.29 is 0 Å². The number of benzene rings is 2. The molecule has 0 aliphatic rings. The molecule has 1 unspecified atom stereocenters. The molecular formula is C18H20Br2. The van der Waals surface area contributed by atoms with Gasteiger partial charge in [0.2, 0.25) is 0 Å². The molecule has 0 N–H and O–H groups in total. The normalized spacial score (nSPS) is 12.4. The number of aryl methyl sites for hydroxylation is 3. The van der Waals surface area contributed by atoms with E-state index in [1.807, 2.05) is 0 Å². The molecule has 0 bridgehead atoms. The van der Waals surface area contributed by atoms with Gasteiger partial charge >= 0.3 is 0 Å². The van der Waals surface area contributed by atoms with Gasteiger partial charge in [0, 0.05) is 9.80 Å². The van der Waals surface area contributed by atoms with Crippen molar-refractivity contribution in [2.45, 2.75) is 33.1 Å². The molecule has 0 fully saturated rings. The van der Waals surface area contributed by atoms with Crippen molar-refractivity contribution in [3.8, 4) is 0 Å². The van der Waals surface area contributed by atoms with Crippen LogP contribution < -0.4 is 0 Å². The minimum absolute atomic E-state index is 0.517. The Labute approximate surface area is 138 Å². The Bertz CT molecular complexity index is 562. The van der Waals surface area contributed by atoms with E-state index in [9.17, 15) is 0 Å². The molecule has 20 heavy (non-hydrogen) atoms. The average Bonchev–Trinajstić information content (AvgIpc) is 2.39. The molecule has 0 aliphatic carbocycles. The zero-order valence-corrected chi connectivity index (χ0v) is 15.4. The zero-order chi connectivity index (χ0) is 14.7. The summed E-state index contributed by atoms with van der Waals surface area (Å²) in [6.45, 7) is 6.62. The first-order chi connectivity index (χ1) is 9.51. The standard InChI is InChI=1S/C18H20Br2/c1-12-8-13(2)18(14(3)9-12)10-16(11-19)15-4-6-17(20)7-5-15/h4-9,16H,10-11H2,1-3H3. The second kappa shape index (κ2) is 6.91. The lowest BCUT2D eigenvalue weighted by atomic mass is 9.88. The highest BCUT2D eigenvalue weighted by Crippen LogP contribution is 2.28. The maximum absolute atomic E-state index is 3.68. The van der Waals surface area contributed by atoms with Gasteiger partial charge in [-0.1, -0.05) is 61.7 Å². The van der Waals surface area contributed by atoms with Gasteiger partial charge in [0.15, 0.2) is 0 Å². The summed E-state index contributed by atoms with van der Waals surface area (Å²) in [7, 11) is 0. The molecule has 2 aromatic rings. The van der Waals surface area contributed by atoms with Crippen LogP contribution in [-0.4, -0.2) is 5.33 Å². The van der Waals surface area contributed by atoms with Gasteiger partial charge in [0.1, 0.15) is 0 Å². The first-order valence-corrected chi connectivity index (χ1v) is 8.81. The molecular weight excluding hydrogens is 376 g/mol. The highest BCUT2D eigenvalue weighted by Gasteiger charge is 2.14. The summed E-state index contributed by atoms with van der Waals surface area (Å²) >= 11 is 7.18. The lowest BCUT2D eigenvalue weighted by Crippen LogP contribution is -2.07. The van der Waals surface area contributed by atoms with Crippen molar-refractivity contribution in [2.75, 3.05) is 5.33 Å². The van der Waals surface area contributed by atoms with E-state index in [1.54, 1.807) is 0 Å². The minimum atomic E-state index is 0.517. The molecule has 0 spiro atoms. The molecule has 106 valence electrons. The summed E-state index contributed by atoms with van der Waals surface area (Å²) in [4.78, 5) is 0. The fraction of sp³-hybridized carbons (Fsp3) is 0.333. The van der Waals surface area contributed by atoms with Crippen molar-refractivity contribution in [3.63, 3.8) is 0 Å². The van der Waals surface area contributed by atoms with Gasteiger partial charge < -0.3 is 0 Å². The predicted octanol–water partition coefficient (Wildman–Crippen LogP) is 6.10. The smallest absolute Gasteiger partial charge is 0.0175 e. The van der Waals surface area contributed by atoms with Crippen LogP contribution in [0.5, 0.6) is 0 Å². The van der Waals surface area contributed by atoms with Crippen LogP contribution in [0.15, 0.2) is 40.9 Å². The Morgan fingerprint density at radius 3 is 2.00 bits per heavy atom. The van der Waals surface area contributed by atoms with Crippen molar-refractivity contribution in [1.29, 1.82) is 0 Å². The zero-order valence-electron chi connectivity index (χ0n) is 12.2. The fourth-order valence-corrected chi connectivity index (χ4v) is 3.64. The molecule has 0 saturated carbocycles. The summed E-state index contributed by atoms with van der Waals surface area (Å²) in [5.74, 6) is 0.517. The van der Waals surface area contributed by atoms with Crippen LogP contribution in [0, 0.1) is 20.8 Å². The topological polar surface area (TPSA) is 0 Å². The summed E-state index contributed by atoms with van der Waals surface area (Å²) in [5, 5.41) is 0.987. The predicted molar refractivity (Wildman–Crippen MR) is 95.0 cm³/mol. The first-order valence-electron chi connectivity index (χ1n) is 6.89. The SMILES string of the molecule is Cc1cc(C)c(CC(CBr)c2ccc(Br)cc2)c(C)c1. The summed E-state index contributed by atoms with van der Waals surface area (Å²) in [6.07, 6.45) is 1.09. The van der Waals surface area contributed by atoms with Crippen molar-refractivity contribution in [1.82, 2.24) is 0 Å². The van der Waals surface area contributed by atoms with E-state index < -0.39 is 0 Å². The number of hydrogen-bond acceptors (Lipinski definition) is 0. The second-order valence-electron chi connectivity index (χ2n) is 5.48. The maximum atomic E-state index is 3.68. The van der Waals surface area contributed by atoms with Gasteiger partial charge in [-0.25, -0.2) is 0 Å². The lowest BCUT2D eigenvalue weighted by Gasteiger charge is -2.19. The Kier molecular flexibility index (Phi) is 5.45. The molecule has 0 radical (unpaired) electrons. The van der Waals surface area contributed by atoms with E-state index in [-0.39, 0.29) is 0 Å². The van der Waals surface area contributed by atoms with Crippen LogP contribution in [-0.2, 0) is 6.42 Å². The van der Waals surface area contributed by atoms with Crippen molar-refractivity contribution in [2.24, 2.45) is 0 Å². The number of rotatable bonds is 4. The molecule has 0 saturated heterocycles. The third-order valence-corrected chi connectivity index (χ3v) is 5.13. The van der Waals surface area contributed by atoms with E-state index in [1.165, 1.54) is 27.8 Å². The van der Waals surface area contributed by atoms with E-state index in [0.717, 1.165) is 16.2 Å². The van der Waals surface area contributed by atoms with Gasteiger partial charge in [-0.05, 0) is 67.5 Å². The van der Waals surface area contributed by atoms with Crippen LogP contribution in [0.3, 0.4) is 0 Å². The fourth-order valence-electron chi connectivity index (χ4n) is 2.77. The van der Waals surface area contributed by atoms with E-state index in [4.69, 9.17) is 0 Å². The van der Waals surface area contributed by atoms with Crippen molar-refractivity contribution >= 4 is 31.9 Å². The molecule has 1 atom stereocenters. The van der Waals surface area contributed by atoms with Crippen LogP contribution in [0.2, 0.25) is 0 Å². The summed E-state index contributed by atoms with van der Waals surface area (Å²) in [5.41, 5.74) is 7.05. The Morgan fingerprint density at radius 2 is 1.50 bits per heavy atom. The Hall–Kier alpha value is -0.600. The Morgan fingerprint density at radius 1 is 0.950 bits per heavy atom. The largest absolute Gasteiger partial charge is 0.0921 e. The van der Waals surface area contributed by atoms with Gasteiger partial charge in [-0.2, -0.15) is 0 Å². The van der Waals surface area contributed by atoms with Crippen molar-refractivity contribution in [3.05, 3.63) is 68.7 Å². The van der Waals surface area contributed by atoms with E-state index in [2.05, 4.69) is 89.0 Å². The summed E-state index contributed by atoms with van der Waals surface area (Å²) in [6, 6.07) is 13.3. The molecule has 0 heterocycles.